The number of carbonyl (C=O) groups excluding carboxylic acids is 2. The molecular formula is C28H24ClN5O4. The van der Waals surface area contributed by atoms with Crippen molar-refractivity contribution < 1.29 is 19.1 Å². The summed E-state index contributed by atoms with van der Waals surface area (Å²) in [7, 11) is 0. The summed E-state index contributed by atoms with van der Waals surface area (Å²) in [5.41, 5.74) is 7.92. The average molecular weight is 530 g/mol. The van der Waals surface area contributed by atoms with Crippen LogP contribution in [0.3, 0.4) is 0 Å². The molecule has 0 bridgehead atoms. The summed E-state index contributed by atoms with van der Waals surface area (Å²) >= 11 is 6.01. The first-order valence-electron chi connectivity index (χ1n) is 11.6. The van der Waals surface area contributed by atoms with Crippen molar-refractivity contribution in [3.63, 3.8) is 0 Å². The first kappa shape index (κ1) is 26.4. The Morgan fingerprint density at radius 1 is 1.13 bits per heavy atom. The number of amides is 2. The third kappa shape index (κ3) is 6.00. The van der Waals surface area contributed by atoms with Crippen molar-refractivity contribution >= 4 is 34.9 Å². The van der Waals surface area contributed by atoms with E-state index in [-0.39, 0.29) is 47.0 Å². The standard InChI is InChI=1S/C28H24ClN5O4/c1-15(31)10-26(36)32-19-5-3-4-17(11-19)21-13-23(20-8-7-18(29)12-24(20)35)33-27(22(21)14-30)34-28(37)25-9-6-16(2)38-25/h3-9,11-13,15,35H,10,31H2,1-2H3,(H,32,36)(H,33,34,37). The van der Waals surface area contributed by atoms with Crippen molar-refractivity contribution in [2.75, 3.05) is 10.6 Å². The van der Waals surface area contributed by atoms with Gasteiger partial charge in [0.25, 0.3) is 5.91 Å². The van der Waals surface area contributed by atoms with Crippen molar-refractivity contribution in [3.8, 4) is 34.2 Å². The van der Waals surface area contributed by atoms with Crippen LogP contribution in [-0.4, -0.2) is 27.9 Å². The molecule has 0 radical (unpaired) electrons. The number of carbonyl (C=O) groups is 2. The molecule has 38 heavy (non-hydrogen) atoms. The summed E-state index contributed by atoms with van der Waals surface area (Å²) < 4.78 is 5.41. The number of aromatic hydroxyl groups is 1. The van der Waals surface area contributed by atoms with Crippen LogP contribution in [0.1, 0.15) is 35.2 Å². The molecule has 0 fully saturated rings. The van der Waals surface area contributed by atoms with Crippen LogP contribution in [0.2, 0.25) is 5.02 Å². The van der Waals surface area contributed by atoms with E-state index in [0.717, 1.165) is 0 Å². The highest BCUT2D eigenvalue weighted by Crippen LogP contribution is 2.37. The van der Waals surface area contributed by atoms with Crippen LogP contribution in [0.4, 0.5) is 11.5 Å². The molecule has 0 spiro atoms. The highest BCUT2D eigenvalue weighted by Gasteiger charge is 2.21. The minimum atomic E-state index is -0.595. The maximum atomic E-state index is 12.9. The number of rotatable bonds is 7. The van der Waals surface area contributed by atoms with Gasteiger partial charge in [0.05, 0.1) is 5.69 Å². The van der Waals surface area contributed by atoms with Crippen LogP contribution in [0.25, 0.3) is 22.4 Å². The maximum Gasteiger partial charge on any atom is 0.292 e. The van der Waals surface area contributed by atoms with Gasteiger partial charge in [-0.05, 0) is 67.9 Å². The Morgan fingerprint density at radius 3 is 2.58 bits per heavy atom. The molecule has 2 aromatic heterocycles. The van der Waals surface area contributed by atoms with Crippen molar-refractivity contribution in [1.82, 2.24) is 4.98 Å². The van der Waals surface area contributed by atoms with Crippen LogP contribution in [-0.2, 0) is 4.79 Å². The number of furan rings is 1. The number of pyridine rings is 1. The smallest absolute Gasteiger partial charge is 0.292 e. The third-order valence-electron chi connectivity index (χ3n) is 5.53. The topological polar surface area (TPSA) is 154 Å². The number of nitriles is 1. The predicted octanol–water partition coefficient (Wildman–Crippen LogP) is 5.48. The number of phenols is 1. The van der Waals surface area contributed by atoms with E-state index in [1.807, 2.05) is 0 Å². The molecule has 4 rings (SSSR count). The number of nitrogens with two attached hydrogens (primary N) is 1. The fourth-order valence-electron chi connectivity index (χ4n) is 3.83. The molecule has 4 aromatic rings. The van der Waals surface area contributed by atoms with E-state index in [4.69, 9.17) is 21.8 Å². The lowest BCUT2D eigenvalue weighted by Crippen LogP contribution is -2.23. The number of hydrogen-bond donors (Lipinski definition) is 4. The van der Waals surface area contributed by atoms with Crippen LogP contribution in [0, 0.1) is 18.3 Å². The molecule has 2 amide bonds. The molecule has 0 saturated heterocycles. The van der Waals surface area contributed by atoms with E-state index in [1.54, 1.807) is 62.4 Å². The van der Waals surface area contributed by atoms with Gasteiger partial charge in [0.1, 0.15) is 23.1 Å². The maximum absolute atomic E-state index is 12.9. The van der Waals surface area contributed by atoms with Gasteiger partial charge < -0.3 is 25.9 Å². The fourth-order valence-corrected chi connectivity index (χ4v) is 4.00. The SMILES string of the molecule is Cc1ccc(C(=O)Nc2nc(-c3ccc(Cl)cc3O)cc(-c3cccc(NC(=O)CC(C)N)c3)c2C#N)o1. The number of benzene rings is 2. The summed E-state index contributed by atoms with van der Waals surface area (Å²) in [5, 5.41) is 26.4. The van der Waals surface area contributed by atoms with E-state index in [1.165, 1.54) is 12.1 Å². The minimum Gasteiger partial charge on any atom is -0.507 e. The lowest BCUT2D eigenvalue weighted by atomic mass is 9.97. The lowest BCUT2D eigenvalue weighted by molar-refractivity contribution is -0.116. The molecule has 5 N–H and O–H groups in total. The number of nitrogens with one attached hydrogen (secondary N) is 2. The monoisotopic (exact) mass is 529 g/mol. The van der Waals surface area contributed by atoms with Crippen LogP contribution < -0.4 is 16.4 Å². The van der Waals surface area contributed by atoms with E-state index in [9.17, 15) is 20.0 Å². The lowest BCUT2D eigenvalue weighted by Gasteiger charge is -2.15. The largest absolute Gasteiger partial charge is 0.507 e. The molecule has 192 valence electrons. The zero-order chi connectivity index (χ0) is 27.4. The number of halogens is 1. The van der Waals surface area contributed by atoms with Gasteiger partial charge in [0.15, 0.2) is 11.6 Å². The molecule has 10 heteroatoms. The zero-order valence-electron chi connectivity index (χ0n) is 20.6. The Balaban J connectivity index is 1.84. The van der Waals surface area contributed by atoms with Crippen molar-refractivity contribution in [3.05, 3.63) is 82.8 Å². The Morgan fingerprint density at radius 2 is 1.92 bits per heavy atom. The van der Waals surface area contributed by atoms with E-state index >= 15 is 0 Å². The van der Waals surface area contributed by atoms with E-state index in [2.05, 4.69) is 21.7 Å². The summed E-state index contributed by atoms with van der Waals surface area (Å²) in [5.74, 6) is -0.403. The molecule has 0 aliphatic carbocycles. The molecule has 2 heterocycles. The second-order valence-electron chi connectivity index (χ2n) is 8.73. The quantitative estimate of drug-likeness (QED) is 0.247. The van der Waals surface area contributed by atoms with E-state index in [0.29, 0.717) is 33.2 Å². The number of hydrogen-bond acceptors (Lipinski definition) is 7. The summed E-state index contributed by atoms with van der Waals surface area (Å²) in [6.45, 7) is 3.44. The molecule has 2 aromatic carbocycles. The first-order valence-corrected chi connectivity index (χ1v) is 12.0. The number of phenolic OH excluding ortho intramolecular Hbond substituents is 1. The first-order chi connectivity index (χ1) is 18.1. The van der Waals surface area contributed by atoms with E-state index < -0.39 is 5.91 Å². The van der Waals surface area contributed by atoms with Crippen LogP contribution >= 0.6 is 11.6 Å². The summed E-state index contributed by atoms with van der Waals surface area (Å²) in [4.78, 5) is 29.6. The second kappa shape index (κ2) is 11.2. The molecule has 1 unspecified atom stereocenters. The fraction of sp³-hybridized carbons (Fsp3) is 0.143. The molecule has 0 aliphatic rings. The Hall–Kier alpha value is -4.65. The Labute approximate surface area is 223 Å². The Kier molecular flexibility index (Phi) is 7.76. The number of nitrogens with zero attached hydrogens (tertiary/aromatic N) is 2. The number of aromatic nitrogens is 1. The molecular weight excluding hydrogens is 506 g/mol. The number of anilines is 2. The minimum absolute atomic E-state index is 0.0280. The van der Waals surface area contributed by atoms with Crippen molar-refractivity contribution in [2.24, 2.45) is 5.73 Å². The van der Waals surface area contributed by atoms with Gasteiger partial charge in [-0.2, -0.15) is 5.26 Å². The third-order valence-corrected chi connectivity index (χ3v) is 5.76. The van der Waals surface area contributed by atoms with Gasteiger partial charge >= 0.3 is 0 Å². The van der Waals surface area contributed by atoms with Gasteiger partial charge in [-0.25, -0.2) is 4.98 Å². The highest BCUT2D eigenvalue weighted by molar-refractivity contribution is 6.30. The summed E-state index contributed by atoms with van der Waals surface area (Å²) in [6.07, 6.45) is 0.144. The normalized spacial score (nSPS) is 11.4. The predicted molar refractivity (Wildman–Crippen MR) is 145 cm³/mol. The van der Waals surface area contributed by atoms with Gasteiger partial charge in [-0.1, -0.05) is 23.7 Å². The van der Waals surface area contributed by atoms with Gasteiger partial charge in [-0.3, -0.25) is 9.59 Å². The van der Waals surface area contributed by atoms with Crippen LogP contribution in [0.5, 0.6) is 5.75 Å². The van der Waals surface area contributed by atoms with Crippen LogP contribution in [0.15, 0.2) is 65.1 Å². The number of aryl methyl sites for hydroxylation is 1. The molecule has 9 nitrogen and oxygen atoms in total. The van der Waals surface area contributed by atoms with Gasteiger partial charge in [0.2, 0.25) is 5.91 Å². The van der Waals surface area contributed by atoms with Crippen molar-refractivity contribution in [2.45, 2.75) is 26.3 Å². The van der Waals surface area contributed by atoms with Gasteiger partial charge in [0, 0.05) is 34.3 Å². The zero-order valence-corrected chi connectivity index (χ0v) is 21.3. The van der Waals surface area contributed by atoms with Crippen molar-refractivity contribution in [1.29, 1.82) is 5.26 Å². The highest BCUT2D eigenvalue weighted by atomic mass is 35.5. The average Bonchev–Trinajstić information content (AvgIpc) is 3.29. The molecule has 0 saturated carbocycles. The molecule has 0 aliphatic heterocycles. The van der Waals surface area contributed by atoms with Gasteiger partial charge in [-0.15, -0.1) is 0 Å². The Bertz CT molecular complexity index is 1570. The second-order valence-corrected chi connectivity index (χ2v) is 9.16. The summed E-state index contributed by atoms with van der Waals surface area (Å²) in [6, 6.07) is 18.0. The molecule has 1 atom stereocenters.